The second kappa shape index (κ2) is 13.9. The molecule has 0 unspecified atom stereocenters. The van der Waals surface area contributed by atoms with Gasteiger partial charge in [0, 0.05) is 30.6 Å². The maximum Gasteiger partial charge on any atom is 0.244 e. The number of nitrogens with one attached hydrogen (secondary N) is 1. The molecule has 1 atom stereocenters. The molecule has 42 heavy (non-hydrogen) atoms. The highest BCUT2D eigenvalue weighted by molar-refractivity contribution is 7.92. The van der Waals surface area contributed by atoms with Gasteiger partial charge in [-0.2, -0.15) is 0 Å². The van der Waals surface area contributed by atoms with Crippen molar-refractivity contribution in [1.29, 1.82) is 0 Å². The number of hydrogen-bond donors (Lipinski definition) is 1. The lowest BCUT2D eigenvalue weighted by atomic mass is 9.94. The van der Waals surface area contributed by atoms with Crippen molar-refractivity contribution in [2.45, 2.75) is 57.2 Å². The molecule has 1 N–H and O–H groups in total. The van der Waals surface area contributed by atoms with E-state index in [1.165, 1.54) is 23.1 Å². The van der Waals surface area contributed by atoms with Gasteiger partial charge in [0.1, 0.15) is 18.4 Å². The van der Waals surface area contributed by atoms with Gasteiger partial charge in [0.15, 0.2) is 11.6 Å². The standard InChI is InChI=1S/C31H34F3N3O4S/c1-42(40,41)37(25-16-17-27(33)28(34)19-25)21-30(38)36(20-23-12-8-9-15-26(23)32)29(18-22-10-4-2-5-11-22)31(39)35-24-13-6-3-7-14-24/h2,4-5,8-12,15-17,19,24,29H,3,6-7,13-14,18,20-21H2,1H3,(H,35,39)/t29-/m0/s1. The molecular formula is C31H34F3N3O4S. The number of carbonyl (C=O) groups is 2. The topological polar surface area (TPSA) is 86.8 Å². The van der Waals surface area contributed by atoms with Crippen LogP contribution >= 0.6 is 0 Å². The van der Waals surface area contributed by atoms with E-state index in [0.717, 1.165) is 56.1 Å². The van der Waals surface area contributed by atoms with Crippen LogP contribution in [0.3, 0.4) is 0 Å². The van der Waals surface area contributed by atoms with Crippen LogP contribution in [-0.4, -0.2) is 50.0 Å². The van der Waals surface area contributed by atoms with Gasteiger partial charge in [-0.05, 0) is 36.6 Å². The average molecular weight is 602 g/mol. The highest BCUT2D eigenvalue weighted by atomic mass is 32.2. The summed E-state index contributed by atoms with van der Waals surface area (Å²) in [6.45, 7) is -1.14. The first-order valence-corrected chi connectivity index (χ1v) is 15.7. The number of hydrogen-bond acceptors (Lipinski definition) is 4. The van der Waals surface area contributed by atoms with Crippen molar-refractivity contribution in [2.24, 2.45) is 0 Å². The second-order valence-electron chi connectivity index (χ2n) is 10.5. The van der Waals surface area contributed by atoms with E-state index in [1.54, 1.807) is 30.3 Å². The third kappa shape index (κ3) is 8.12. The van der Waals surface area contributed by atoms with Crippen LogP contribution in [-0.2, 0) is 32.6 Å². The molecule has 0 aliphatic heterocycles. The number of benzene rings is 3. The Morgan fingerprint density at radius 3 is 2.19 bits per heavy atom. The van der Waals surface area contributed by atoms with Crippen molar-refractivity contribution in [3.8, 4) is 0 Å². The fraction of sp³-hybridized carbons (Fsp3) is 0.355. The Hall–Kier alpha value is -3.86. The van der Waals surface area contributed by atoms with E-state index in [-0.39, 0.29) is 30.3 Å². The van der Waals surface area contributed by atoms with Crippen LogP contribution in [0.1, 0.15) is 43.2 Å². The molecule has 0 radical (unpaired) electrons. The van der Waals surface area contributed by atoms with Gasteiger partial charge in [0.25, 0.3) is 0 Å². The normalized spacial score (nSPS) is 14.7. The molecule has 2 amide bonds. The summed E-state index contributed by atoms with van der Waals surface area (Å²) in [7, 11) is -4.16. The van der Waals surface area contributed by atoms with Crippen LogP contribution in [0.2, 0.25) is 0 Å². The third-order valence-corrected chi connectivity index (χ3v) is 8.53. The van der Waals surface area contributed by atoms with Crippen molar-refractivity contribution < 1.29 is 31.2 Å². The Labute approximate surface area is 244 Å². The van der Waals surface area contributed by atoms with Crippen molar-refractivity contribution in [1.82, 2.24) is 10.2 Å². The zero-order chi connectivity index (χ0) is 30.3. The number of rotatable bonds is 11. The predicted octanol–water partition coefficient (Wildman–Crippen LogP) is 4.96. The van der Waals surface area contributed by atoms with Gasteiger partial charge in [-0.15, -0.1) is 0 Å². The molecule has 1 saturated carbocycles. The van der Waals surface area contributed by atoms with E-state index < -0.39 is 51.9 Å². The van der Waals surface area contributed by atoms with Crippen molar-refractivity contribution in [2.75, 3.05) is 17.1 Å². The number of anilines is 1. The molecule has 3 aromatic rings. The van der Waals surface area contributed by atoms with E-state index in [9.17, 15) is 31.2 Å². The third-order valence-electron chi connectivity index (χ3n) is 7.39. The molecule has 7 nitrogen and oxygen atoms in total. The molecule has 0 aromatic heterocycles. The molecule has 4 rings (SSSR count). The van der Waals surface area contributed by atoms with Crippen LogP contribution in [0.15, 0.2) is 72.8 Å². The Balaban J connectivity index is 1.74. The first-order valence-electron chi connectivity index (χ1n) is 13.8. The fourth-order valence-corrected chi connectivity index (χ4v) is 6.00. The highest BCUT2D eigenvalue weighted by Gasteiger charge is 2.34. The Bertz CT molecular complexity index is 1500. The summed E-state index contributed by atoms with van der Waals surface area (Å²) < 4.78 is 68.7. The van der Waals surface area contributed by atoms with Crippen LogP contribution in [0, 0.1) is 17.5 Å². The number of halogens is 3. The van der Waals surface area contributed by atoms with Crippen LogP contribution < -0.4 is 9.62 Å². The van der Waals surface area contributed by atoms with E-state index in [0.29, 0.717) is 10.4 Å². The zero-order valence-electron chi connectivity index (χ0n) is 23.3. The van der Waals surface area contributed by atoms with E-state index >= 15 is 0 Å². The summed E-state index contributed by atoms with van der Waals surface area (Å²) in [5.41, 5.74) is 0.614. The summed E-state index contributed by atoms with van der Waals surface area (Å²) in [5.74, 6) is -4.31. The van der Waals surface area contributed by atoms with Gasteiger partial charge in [-0.1, -0.05) is 67.8 Å². The maximum atomic E-state index is 14.9. The SMILES string of the molecule is CS(=O)(=O)N(CC(=O)N(Cc1ccccc1F)[C@@H](Cc1ccccc1)C(=O)NC1CCCCC1)c1ccc(F)c(F)c1. The first-order chi connectivity index (χ1) is 20.0. The summed E-state index contributed by atoms with van der Waals surface area (Å²) in [6, 6.07) is 16.1. The smallest absolute Gasteiger partial charge is 0.244 e. The molecule has 0 spiro atoms. The number of amides is 2. The molecule has 1 aliphatic carbocycles. The summed E-state index contributed by atoms with van der Waals surface area (Å²) in [4.78, 5) is 29.0. The summed E-state index contributed by atoms with van der Waals surface area (Å²) in [5, 5.41) is 3.05. The zero-order valence-corrected chi connectivity index (χ0v) is 24.1. The van der Waals surface area contributed by atoms with Crippen molar-refractivity contribution in [3.63, 3.8) is 0 Å². The quantitative estimate of drug-likeness (QED) is 0.337. The van der Waals surface area contributed by atoms with Crippen LogP contribution in [0.4, 0.5) is 18.9 Å². The number of nitrogens with zero attached hydrogens (tertiary/aromatic N) is 2. The van der Waals surface area contributed by atoms with Gasteiger partial charge in [0.2, 0.25) is 21.8 Å². The monoisotopic (exact) mass is 601 g/mol. The molecule has 0 heterocycles. The Kier molecular flexibility index (Phi) is 10.3. The van der Waals surface area contributed by atoms with Crippen molar-refractivity contribution in [3.05, 3.63) is 101 Å². The summed E-state index contributed by atoms with van der Waals surface area (Å²) in [6.07, 6.45) is 5.51. The van der Waals surface area contributed by atoms with E-state index in [2.05, 4.69) is 5.32 Å². The minimum Gasteiger partial charge on any atom is -0.352 e. The van der Waals surface area contributed by atoms with Gasteiger partial charge < -0.3 is 10.2 Å². The minimum atomic E-state index is -4.16. The largest absolute Gasteiger partial charge is 0.352 e. The average Bonchev–Trinajstić information content (AvgIpc) is 2.96. The second-order valence-corrected chi connectivity index (χ2v) is 12.4. The lowest BCUT2D eigenvalue weighted by Gasteiger charge is -2.35. The molecule has 1 aliphatic rings. The Morgan fingerprint density at radius 2 is 1.55 bits per heavy atom. The first kappa shape index (κ1) is 31.1. The number of carbonyl (C=O) groups excluding carboxylic acids is 2. The molecule has 3 aromatic carbocycles. The lowest BCUT2D eigenvalue weighted by Crippen LogP contribution is -2.55. The molecule has 0 saturated heterocycles. The molecular weight excluding hydrogens is 567 g/mol. The molecule has 224 valence electrons. The summed E-state index contributed by atoms with van der Waals surface area (Å²) >= 11 is 0. The van der Waals surface area contributed by atoms with Gasteiger partial charge in [-0.3, -0.25) is 13.9 Å². The van der Waals surface area contributed by atoms with Crippen LogP contribution in [0.5, 0.6) is 0 Å². The molecule has 1 fully saturated rings. The number of sulfonamides is 1. The van der Waals surface area contributed by atoms with Gasteiger partial charge in [-0.25, -0.2) is 21.6 Å². The molecule has 0 bridgehead atoms. The van der Waals surface area contributed by atoms with E-state index in [1.807, 2.05) is 6.07 Å². The van der Waals surface area contributed by atoms with E-state index in [4.69, 9.17) is 0 Å². The minimum absolute atomic E-state index is 0.0790. The van der Waals surface area contributed by atoms with Crippen LogP contribution in [0.25, 0.3) is 0 Å². The van der Waals surface area contributed by atoms with Gasteiger partial charge >= 0.3 is 0 Å². The van der Waals surface area contributed by atoms with Crippen molar-refractivity contribution >= 4 is 27.5 Å². The Morgan fingerprint density at radius 1 is 0.881 bits per heavy atom. The highest BCUT2D eigenvalue weighted by Crippen LogP contribution is 2.24. The lowest BCUT2D eigenvalue weighted by molar-refractivity contribution is -0.140. The molecule has 11 heteroatoms. The van der Waals surface area contributed by atoms with Gasteiger partial charge in [0.05, 0.1) is 11.9 Å². The maximum absolute atomic E-state index is 14.9. The fourth-order valence-electron chi connectivity index (χ4n) is 5.16. The predicted molar refractivity (Wildman–Crippen MR) is 154 cm³/mol.